The highest BCUT2D eigenvalue weighted by atomic mass is 32.1. The van der Waals surface area contributed by atoms with E-state index < -0.39 is 12.0 Å². The van der Waals surface area contributed by atoms with Gasteiger partial charge < -0.3 is 19.7 Å². The molecule has 2 aromatic carbocycles. The minimum atomic E-state index is -0.727. The number of nitrogens with one attached hydrogen (secondary N) is 1. The molecule has 0 spiro atoms. The van der Waals surface area contributed by atoms with Gasteiger partial charge in [0.2, 0.25) is 5.91 Å². The first kappa shape index (κ1) is 24.9. The predicted octanol–water partition coefficient (Wildman–Crippen LogP) is 3.01. The first-order valence-electron chi connectivity index (χ1n) is 10.4. The Kier molecular flexibility index (Phi) is 10.6. The number of amides is 1. The molecule has 0 bridgehead atoms. The molecule has 0 fully saturated rings. The van der Waals surface area contributed by atoms with Gasteiger partial charge in [-0.2, -0.15) is 12.6 Å². The summed E-state index contributed by atoms with van der Waals surface area (Å²) in [4.78, 5) is 25.2. The standard InChI is InChI=1S/C24H32N2O4S/c1-18-9-7-8-12-21(18)23(20-10-5-4-6-11-20)29-15-13-26(3)14-16-30-24(28)22(17-31)25-19(2)27/h4-12,22-23,31H,13-17H2,1-3H3,(H,25,27)/t22-,23?/m0/s1. The molecule has 6 nitrogen and oxygen atoms in total. The fourth-order valence-electron chi connectivity index (χ4n) is 3.14. The number of thiol groups is 1. The van der Waals surface area contributed by atoms with E-state index in [2.05, 4.69) is 49.1 Å². The molecule has 2 atom stereocenters. The second kappa shape index (κ2) is 13.1. The van der Waals surface area contributed by atoms with Crippen LogP contribution in [0.4, 0.5) is 0 Å². The van der Waals surface area contributed by atoms with Crippen LogP contribution in [0.3, 0.4) is 0 Å². The van der Waals surface area contributed by atoms with Crippen LogP contribution in [-0.4, -0.2) is 61.9 Å². The van der Waals surface area contributed by atoms with Crippen molar-refractivity contribution < 1.29 is 19.1 Å². The zero-order valence-corrected chi connectivity index (χ0v) is 19.3. The lowest BCUT2D eigenvalue weighted by Crippen LogP contribution is -2.42. The van der Waals surface area contributed by atoms with Gasteiger partial charge in [-0.1, -0.05) is 54.6 Å². The maximum Gasteiger partial charge on any atom is 0.329 e. The van der Waals surface area contributed by atoms with Crippen LogP contribution in [0, 0.1) is 6.92 Å². The Morgan fingerprint density at radius 3 is 2.32 bits per heavy atom. The molecule has 0 aromatic heterocycles. The monoisotopic (exact) mass is 444 g/mol. The van der Waals surface area contributed by atoms with Gasteiger partial charge in [-0.25, -0.2) is 4.79 Å². The van der Waals surface area contributed by atoms with Crippen molar-refractivity contribution in [2.75, 3.05) is 39.1 Å². The van der Waals surface area contributed by atoms with E-state index in [4.69, 9.17) is 9.47 Å². The number of benzene rings is 2. The molecular weight excluding hydrogens is 412 g/mol. The van der Waals surface area contributed by atoms with Gasteiger partial charge in [-0.15, -0.1) is 0 Å². The molecule has 0 aliphatic carbocycles. The molecule has 1 N–H and O–H groups in total. The molecule has 2 aromatic rings. The summed E-state index contributed by atoms with van der Waals surface area (Å²) < 4.78 is 11.5. The van der Waals surface area contributed by atoms with Crippen molar-refractivity contribution in [1.29, 1.82) is 0 Å². The van der Waals surface area contributed by atoms with Gasteiger partial charge >= 0.3 is 5.97 Å². The number of esters is 1. The number of ether oxygens (including phenoxy) is 2. The highest BCUT2D eigenvalue weighted by Gasteiger charge is 2.19. The summed E-state index contributed by atoms with van der Waals surface area (Å²) in [7, 11) is 1.95. The highest BCUT2D eigenvalue weighted by Crippen LogP contribution is 2.28. The van der Waals surface area contributed by atoms with Gasteiger partial charge in [-0.05, 0) is 30.7 Å². The first-order valence-corrected chi connectivity index (χ1v) is 11.0. The molecule has 0 saturated heterocycles. The molecule has 0 aliphatic rings. The van der Waals surface area contributed by atoms with Gasteiger partial charge in [0.05, 0.1) is 6.61 Å². The van der Waals surface area contributed by atoms with E-state index in [1.165, 1.54) is 12.5 Å². The smallest absolute Gasteiger partial charge is 0.329 e. The lowest BCUT2D eigenvalue weighted by atomic mass is 9.97. The molecule has 168 valence electrons. The Labute approximate surface area is 190 Å². The normalized spacial score (nSPS) is 12.9. The van der Waals surface area contributed by atoms with Gasteiger partial charge in [0.1, 0.15) is 18.8 Å². The first-order chi connectivity index (χ1) is 14.9. The van der Waals surface area contributed by atoms with E-state index in [1.54, 1.807) is 0 Å². The Hall–Kier alpha value is -2.35. The third kappa shape index (κ3) is 8.36. The summed E-state index contributed by atoms with van der Waals surface area (Å²) in [6.07, 6.45) is -0.137. The van der Waals surface area contributed by atoms with E-state index in [-0.39, 0.29) is 24.4 Å². The Balaban J connectivity index is 1.83. The second-order valence-corrected chi connectivity index (χ2v) is 7.79. The Morgan fingerprint density at radius 2 is 1.68 bits per heavy atom. The lowest BCUT2D eigenvalue weighted by molar-refractivity contribution is -0.147. The number of hydrogen-bond acceptors (Lipinski definition) is 6. The summed E-state index contributed by atoms with van der Waals surface area (Å²) >= 11 is 4.08. The van der Waals surface area contributed by atoms with E-state index in [0.29, 0.717) is 19.7 Å². The second-order valence-electron chi connectivity index (χ2n) is 7.42. The molecule has 0 heterocycles. The minimum Gasteiger partial charge on any atom is -0.463 e. The quantitative estimate of drug-likeness (QED) is 0.389. The van der Waals surface area contributed by atoms with Crippen LogP contribution in [0.15, 0.2) is 54.6 Å². The molecule has 0 saturated carbocycles. The van der Waals surface area contributed by atoms with E-state index in [0.717, 1.165) is 11.1 Å². The summed E-state index contributed by atoms with van der Waals surface area (Å²) in [5.41, 5.74) is 3.46. The van der Waals surface area contributed by atoms with Crippen LogP contribution < -0.4 is 5.32 Å². The van der Waals surface area contributed by atoms with Crippen LogP contribution in [0.1, 0.15) is 29.7 Å². The SMILES string of the molecule is CC(=O)N[C@@H](CS)C(=O)OCCN(C)CCOC(c1ccccc1)c1ccccc1C. The Morgan fingerprint density at radius 1 is 1.03 bits per heavy atom. The maximum atomic E-state index is 12.0. The molecule has 0 aliphatic heterocycles. The van der Waals surface area contributed by atoms with E-state index in [1.807, 2.05) is 42.3 Å². The van der Waals surface area contributed by atoms with Crippen LogP contribution >= 0.6 is 12.6 Å². The summed E-state index contributed by atoms with van der Waals surface area (Å²) in [5.74, 6) is -0.563. The van der Waals surface area contributed by atoms with E-state index >= 15 is 0 Å². The van der Waals surface area contributed by atoms with Crippen molar-refractivity contribution in [3.8, 4) is 0 Å². The minimum absolute atomic E-state index is 0.137. The third-order valence-corrected chi connectivity index (χ3v) is 5.26. The molecule has 2 rings (SSSR count). The number of rotatable bonds is 12. The van der Waals surface area contributed by atoms with E-state index in [9.17, 15) is 9.59 Å². The number of likely N-dealkylation sites (N-methyl/N-ethyl adjacent to an activating group) is 1. The number of hydrogen-bond donors (Lipinski definition) is 2. The average molecular weight is 445 g/mol. The molecule has 1 unspecified atom stereocenters. The van der Waals surface area contributed by atoms with Crippen molar-refractivity contribution in [2.24, 2.45) is 0 Å². The third-order valence-electron chi connectivity index (χ3n) is 4.89. The predicted molar refractivity (Wildman–Crippen MR) is 125 cm³/mol. The number of aryl methyl sites for hydroxylation is 1. The fraction of sp³-hybridized carbons (Fsp3) is 0.417. The van der Waals surface area contributed by atoms with Crippen LogP contribution in [0.25, 0.3) is 0 Å². The van der Waals surface area contributed by atoms with Crippen molar-refractivity contribution in [2.45, 2.75) is 26.0 Å². The van der Waals surface area contributed by atoms with Crippen molar-refractivity contribution >= 4 is 24.5 Å². The molecule has 7 heteroatoms. The lowest BCUT2D eigenvalue weighted by Gasteiger charge is -2.23. The zero-order valence-electron chi connectivity index (χ0n) is 18.4. The number of carbonyl (C=O) groups is 2. The average Bonchev–Trinajstić information content (AvgIpc) is 2.76. The van der Waals surface area contributed by atoms with Crippen molar-refractivity contribution in [3.63, 3.8) is 0 Å². The van der Waals surface area contributed by atoms with Gasteiger partial charge in [0, 0.05) is 25.8 Å². The van der Waals surface area contributed by atoms with Crippen molar-refractivity contribution in [3.05, 3.63) is 71.3 Å². The van der Waals surface area contributed by atoms with Gasteiger partial charge in [0.25, 0.3) is 0 Å². The fourth-order valence-corrected chi connectivity index (χ4v) is 3.38. The zero-order chi connectivity index (χ0) is 22.6. The van der Waals surface area contributed by atoms with Gasteiger partial charge in [0.15, 0.2) is 0 Å². The van der Waals surface area contributed by atoms with Crippen LogP contribution in [0.5, 0.6) is 0 Å². The summed E-state index contributed by atoms with van der Waals surface area (Å²) in [6, 6.07) is 17.7. The number of nitrogens with zero attached hydrogens (tertiary/aromatic N) is 1. The van der Waals surface area contributed by atoms with Gasteiger partial charge in [-0.3, -0.25) is 4.79 Å². The summed E-state index contributed by atoms with van der Waals surface area (Å²) in [5, 5.41) is 2.53. The topological polar surface area (TPSA) is 67.9 Å². The van der Waals surface area contributed by atoms with Crippen LogP contribution in [0.2, 0.25) is 0 Å². The maximum absolute atomic E-state index is 12.0. The highest BCUT2D eigenvalue weighted by molar-refractivity contribution is 7.80. The van der Waals surface area contributed by atoms with Crippen molar-refractivity contribution in [1.82, 2.24) is 10.2 Å². The number of carbonyl (C=O) groups excluding carboxylic acids is 2. The Bertz CT molecular complexity index is 831. The summed E-state index contributed by atoms with van der Waals surface area (Å²) in [6.45, 7) is 5.47. The molecule has 1 amide bonds. The largest absolute Gasteiger partial charge is 0.463 e. The van der Waals surface area contributed by atoms with Crippen LogP contribution in [-0.2, 0) is 19.1 Å². The molecular formula is C24H32N2O4S. The molecule has 31 heavy (non-hydrogen) atoms. The molecule has 0 radical (unpaired) electrons.